The molecule has 8 nitrogen and oxygen atoms in total. The fraction of sp³-hybridized carbons (Fsp3) is 0.625. The van der Waals surface area contributed by atoms with E-state index in [1.165, 1.54) is 12.4 Å². The van der Waals surface area contributed by atoms with Gasteiger partial charge in [-0.15, -0.1) is 0 Å². The second-order valence-electron chi connectivity index (χ2n) is 6.30. The maximum Gasteiger partial charge on any atom is 0.253 e. The van der Waals surface area contributed by atoms with E-state index in [0.717, 1.165) is 12.8 Å². The monoisotopic (exact) mass is 334 g/mol. The lowest BCUT2D eigenvalue weighted by molar-refractivity contribution is -0.133. The van der Waals surface area contributed by atoms with Crippen molar-refractivity contribution in [1.29, 1.82) is 0 Å². The molecule has 2 amide bonds. The van der Waals surface area contributed by atoms with E-state index < -0.39 is 5.60 Å². The Labute approximate surface area is 140 Å². The van der Waals surface area contributed by atoms with Crippen molar-refractivity contribution < 1.29 is 19.1 Å². The lowest BCUT2D eigenvalue weighted by atomic mass is 10.00. The lowest BCUT2D eigenvalue weighted by Gasteiger charge is -2.31. The van der Waals surface area contributed by atoms with Crippen LogP contribution in [-0.2, 0) is 14.3 Å². The van der Waals surface area contributed by atoms with Gasteiger partial charge in [0.05, 0.1) is 43.8 Å². The number of hydrogen-bond acceptors (Lipinski definition) is 6. The first-order valence-corrected chi connectivity index (χ1v) is 8.14. The van der Waals surface area contributed by atoms with Crippen LogP contribution >= 0.6 is 0 Å². The summed E-state index contributed by atoms with van der Waals surface area (Å²) < 4.78 is 11.8. The van der Waals surface area contributed by atoms with Crippen LogP contribution in [0.4, 0.5) is 0 Å². The lowest BCUT2D eigenvalue weighted by Crippen LogP contribution is -2.46. The summed E-state index contributed by atoms with van der Waals surface area (Å²) in [5, 5.41) is 10.2. The largest absolute Gasteiger partial charge is 0.377 e. The van der Waals surface area contributed by atoms with Gasteiger partial charge < -0.3 is 19.7 Å². The highest BCUT2D eigenvalue weighted by Gasteiger charge is 2.43. The molecule has 1 aromatic heterocycles. The van der Waals surface area contributed by atoms with Gasteiger partial charge in [0.2, 0.25) is 5.91 Å². The summed E-state index contributed by atoms with van der Waals surface area (Å²) in [6, 6.07) is 1.61. The molecule has 0 bridgehead atoms. The minimum Gasteiger partial charge on any atom is -0.377 e. The van der Waals surface area contributed by atoms with Crippen LogP contribution in [0.1, 0.15) is 30.1 Å². The molecule has 3 heterocycles. The normalized spacial score (nSPS) is 27.0. The van der Waals surface area contributed by atoms with E-state index in [2.05, 4.69) is 15.5 Å². The smallest absolute Gasteiger partial charge is 0.253 e. The quantitative estimate of drug-likeness (QED) is 0.836. The van der Waals surface area contributed by atoms with E-state index >= 15 is 0 Å². The maximum atomic E-state index is 12.1. The Balaban J connectivity index is 1.55. The number of aromatic nitrogens is 2. The molecule has 0 aromatic carbocycles. The van der Waals surface area contributed by atoms with Crippen LogP contribution in [0.2, 0.25) is 0 Å². The van der Waals surface area contributed by atoms with Gasteiger partial charge in [-0.2, -0.15) is 10.2 Å². The zero-order valence-electron chi connectivity index (χ0n) is 13.7. The van der Waals surface area contributed by atoms with Gasteiger partial charge in [-0.05, 0) is 18.9 Å². The number of carbonyl (C=O) groups excluding carboxylic acids is 2. The first-order valence-electron chi connectivity index (χ1n) is 8.14. The van der Waals surface area contributed by atoms with Crippen LogP contribution in [0.5, 0.6) is 0 Å². The predicted molar refractivity (Wildman–Crippen MR) is 84.3 cm³/mol. The second kappa shape index (κ2) is 7.23. The Bertz CT molecular complexity index is 597. The highest BCUT2D eigenvalue weighted by atomic mass is 16.6. The van der Waals surface area contributed by atoms with Crippen molar-refractivity contribution in [2.24, 2.45) is 0 Å². The second-order valence-corrected chi connectivity index (χ2v) is 6.30. The topological polar surface area (TPSA) is 93.7 Å². The van der Waals surface area contributed by atoms with Crippen molar-refractivity contribution in [1.82, 2.24) is 20.4 Å². The highest BCUT2D eigenvalue weighted by Crippen LogP contribution is 2.32. The van der Waals surface area contributed by atoms with Crippen LogP contribution in [0, 0.1) is 0 Å². The molecule has 24 heavy (non-hydrogen) atoms. The molecule has 8 heteroatoms. The number of ether oxygens (including phenoxy) is 2. The summed E-state index contributed by atoms with van der Waals surface area (Å²) in [6.45, 7) is 4.13. The first kappa shape index (κ1) is 16.8. The van der Waals surface area contributed by atoms with Crippen molar-refractivity contribution in [2.45, 2.75) is 31.5 Å². The van der Waals surface area contributed by atoms with Crippen molar-refractivity contribution >= 4 is 11.8 Å². The summed E-state index contributed by atoms with van der Waals surface area (Å²) in [6.07, 6.45) is 4.46. The van der Waals surface area contributed by atoms with E-state index in [1.807, 2.05) is 0 Å². The fourth-order valence-corrected chi connectivity index (χ4v) is 3.17. The molecule has 3 rings (SSSR count). The Morgan fingerprint density at radius 2 is 2.33 bits per heavy atom. The molecule has 1 N–H and O–H groups in total. The third-order valence-electron chi connectivity index (χ3n) is 4.47. The number of rotatable bonds is 3. The summed E-state index contributed by atoms with van der Waals surface area (Å²) >= 11 is 0. The van der Waals surface area contributed by atoms with Crippen LogP contribution in [-0.4, -0.2) is 71.5 Å². The summed E-state index contributed by atoms with van der Waals surface area (Å²) in [5.74, 6) is -0.164. The molecule has 130 valence electrons. The molecular formula is C16H22N4O4. The van der Waals surface area contributed by atoms with Crippen molar-refractivity contribution in [2.75, 3.05) is 32.8 Å². The molecule has 2 aliphatic rings. The van der Waals surface area contributed by atoms with E-state index in [9.17, 15) is 9.59 Å². The first-order chi connectivity index (χ1) is 11.6. The molecule has 2 fully saturated rings. The summed E-state index contributed by atoms with van der Waals surface area (Å²) in [7, 11) is 0. The van der Waals surface area contributed by atoms with E-state index in [0.29, 0.717) is 38.4 Å². The molecule has 2 unspecified atom stereocenters. The Kier molecular flexibility index (Phi) is 5.06. The number of carbonyl (C=O) groups is 2. The zero-order chi connectivity index (χ0) is 17.0. The van der Waals surface area contributed by atoms with Gasteiger partial charge >= 0.3 is 0 Å². The number of amides is 2. The Morgan fingerprint density at radius 3 is 3.08 bits per heavy atom. The van der Waals surface area contributed by atoms with E-state index in [-0.39, 0.29) is 17.9 Å². The van der Waals surface area contributed by atoms with Gasteiger partial charge in [0.1, 0.15) is 5.60 Å². The number of nitrogens with one attached hydrogen (secondary N) is 1. The van der Waals surface area contributed by atoms with Gasteiger partial charge in [-0.25, -0.2) is 0 Å². The van der Waals surface area contributed by atoms with Gasteiger partial charge in [0, 0.05) is 20.0 Å². The molecule has 0 saturated carbocycles. The molecule has 1 aromatic rings. The Hall–Kier alpha value is -2.06. The van der Waals surface area contributed by atoms with Crippen LogP contribution in [0.3, 0.4) is 0 Å². The van der Waals surface area contributed by atoms with Gasteiger partial charge in [0.15, 0.2) is 0 Å². The fourth-order valence-electron chi connectivity index (χ4n) is 3.17. The van der Waals surface area contributed by atoms with Crippen molar-refractivity contribution in [3.8, 4) is 0 Å². The average Bonchev–Trinajstić information content (AvgIpc) is 2.86. The Morgan fingerprint density at radius 1 is 1.46 bits per heavy atom. The molecule has 2 atom stereocenters. The van der Waals surface area contributed by atoms with Gasteiger partial charge in [-0.3, -0.25) is 9.59 Å². The molecule has 1 spiro atoms. The van der Waals surface area contributed by atoms with Crippen LogP contribution in [0.25, 0.3) is 0 Å². The zero-order valence-corrected chi connectivity index (χ0v) is 13.7. The third kappa shape index (κ3) is 3.88. The van der Waals surface area contributed by atoms with Gasteiger partial charge in [0.25, 0.3) is 5.91 Å². The number of nitrogens with zero attached hydrogens (tertiary/aromatic N) is 3. The van der Waals surface area contributed by atoms with E-state index in [1.54, 1.807) is 17.9 Å². The molecule has 2 saturated heterocycles. The minimum atomic E-state index is -0.463. The van der Waals surface area contributed by atoms with E-state index in [4.69, 9.17) is 9.47 Å². The molecule has 0 aliphatic carbocycles. The SMILES string of the molecule is CC(=O)N1CCOCC2(CCC(CNC(=O)c3ccnnc3)O2)C1. The maximum absolute atomic E-state index is 12.1. The minimum absolute atomic E-state index is 0.0328. The summed E-state index contributed by atoms with van der Waals surface area (Å²) in [4.78, 5) is 25.5. The standard InChI is InChI=1S/C16H22N4O4/c1-12(21)20-6-7-23-11-16(10-20)4-2-14(24-16)9-17-15(22)13-3-5-18-19-8-13/h3,5,8,14H,2,4,6-7,9-11H2,1H3,(H,17,22). The van der Waals surface area contributed by atoms with Crippen LogP contribution < -0.4 is 5.32 Å². The van der Waals surface area contributed by atoms with Crippen LogP contribution in [0.15, 0.2) is 18.5 Å². The number of hydrogen-bond donors (Lipinski definition) is 1. The molecule has 0 radical (unpaired) electrons. The van der Waals surface area contributed by atoms with Crippen molar-refractivity contribution in [3.05, 3.63) is 24.0 Å². The van der Waals surface area contributed by atoms with Crippen molar-refractivity contribution in [3.63, 3.8) is 0 Å². The third-order valence-corrected chi connectivity index (χ3v) is 4.47. The predicted octanol–water partition coefficient (Wildman–Crippen LogP) is 0.00290. The molecular weight excluding hydrogens is 312 g/mol. The summed E-state index contributed by atoms with van der Waals surface area (Å²) in [5.41, 5.74) is 0.00810. The molecule has 2 aliphatic heterocycles. The highest BCUT2D eigenvalue weighted by molar-refractivity contribution is 5.93. The average molecular weight is 334 g/mol. The van der Waals surface area contributed by atoms with Gasteiger partial charge in [-0.1, -0.05) is 0 Å².